The van der Waals surface area contributed by atoms with E-state index in [4.69, 9.17) is 11.6 Å². The van der Waals surface area contributed by atoms with E-state index in [1.165, 1.54) is 33.4 Å². The predicted molar refractivity (Wildman–Crippen MR) is 161 cm³/mol. The van der Waals surface area contributed by atoms with Gasteiger partial charge in [-0.1, -0.05) is 116 Å². The highest BCUT2D eigenvalue weighted by Crippen LogP contribution is 2.55. The van der Waals surface area contributed by atoms with E-state index < -0.39 is 0 Å². The number of nitrogens with zero attached hydrogens (tertiary/aromatic N) is 1. The number of halogens is 1. The molecule has 0 saturated heterocycles. The second-order valence-corrected chi connectivity index (χ2v) is 13.4. The number of hydrogen-bond acceptors (Lipinski definition) is 1. The lowest BCUT2D eigenvalue weighted by Crippen LogP contribution is -2.17. The Hall–Kier alpha value is -3.03. The van der Waals surface area contributed by atoms with Crippen molar-refractivity contribution in [1.29, 1.82) is 0 Å². The molecule has 37 heavy (non-hydrogen) atoms. The van der Waals surface area contributed by atoms with Crippen molar-refractivity contribution in [3.63, 3.8) is 0 Å². The van der Waals surface area contributed by atoms with Gasteiger partial charge in [0.15, 0.2) is 0 Å². The van der Waals surface area contributed by atoms with Gasteiger partial charge in [-0.25, -0.2) is 0 Å². The van der Waals surface area contributed by atoms with Gasteiger partial charge in [0.05, 0.1) is 5.69 Å². The molecule has 4 aromatic carbocycles. The SMILES string of the molecule is CC(C)(C)c1ccc(N(c2ccc(C(C)(C)C)cc2)c2cc(Cl)cc3c2-c2ccccc2C3(C)C)cc1. The van der Waals surface area contributed by atoms with Gasteiger partial charge in [-0.05, 0) is 75.0 Å². The molecule has 0 atom stereocenters. The summed E-state index contributed by atoms with van der Waals surface area (Å²) in [5, 5.41) is 0.761. The summed E-state index contributed by atoms with van der Waals surface area (Å²) in [6, 6.07) is 31.1. The summed E-state index contributed by atoms with van der Waals surface area (Å²) in [6.45, 7) is 18.2. The Kier molecular flexibility index (Phi) is 6.07. The molecule has 0 N–H and O–H groups in total. The summed E-state index contributed by atoms with van der Waals surface area (Å²) in [6.07, 6.45) is 0. The highest BCUT2D eigenvalue weighted by atomic mass is 35.5. The lowest BCUT2D eigenvalue weighted by atomic mass is 9.82. The van der Waals surface area contributed by atoms with Crippen LogP contribution in [-0.2, 0) is 16.2 Å². The summed E-state index contributed by atoms with van der Waals surface area (Å²) in [4.78, 5) is 2.38. The maximum atomic E-state index is 6.86. The zero-order valence-corrected chi connectivity index (χ0v) is 24.2. The van der Waals surface area contributed by atoms with Crippen molar-refractivity contribution in [2.75, 3.05) is 4.90 Å². The van der Waals surface area contributed by atoms with E-state index >= 15 is 0 Å². The Bertz CT molecular complexity index is 1390. The van der Waals surface area contributed by atoms with Crippen LogP contribution in [0.4, 0.5) is 17.1 Å². The van der Waals surface area contributed by atoms with Crippen LogP contribution >= 0.6 is 11.6 Å². The minimum atomic E-state index is -0.122. The second kappa shape index (κ2) is 8.77. The lowest BCUT2D eigenvalue weighted by molar-refractivity contribution is 0.590. The van der Waals surface area contributed by atoms with Crippen LogP contribution in [0.1, 0.15) is 77.6 Å². The molecule has 0 bridgehead atoms. The standard InChI is InChI=1S/C35H38ClN/c1-33(2,3)23-13-17-26(18-14-23)37(27-19-15-24(16-20-27)34(4,5)6)31-22-25(36)21-30-32(31)28-11-9-10-12-29(28)35(30,7)8/h9-22H,1-8H3. The summed E-state index contributed by atoms with van der Waals surface area (Å²) in [5.74, 6) is 0. The van der Waals surface area contributed by atoms with E-state index in [-0.39, 0.29) is 16.2 Å². The molecule has 0 spiro atoms. The van der Waals surface area contributed by atoms with Gasteiger partial charge in [0.1, 0.15) is 0 Å². The minimum absolute atomic E-state index is 0.0952. The topological polar surface area (TPSA) is 3.24 Å². The van der Waals surface area contributed by atoms with Crippen LogP contribution in [-0.4, -0.2) is 0 Å². The third-order valence-electron chi connectivity index (χ3n) is 7.85. The van der Waals surface area contributed by atoms with Crippen LogP contribution in [0, 0.1) is 0 Å². The van der Waals surface area contributed by atoms with Crippen molar-refractivity contribution >= 4 is 28.7 Å². The Labute approximate surface area is 228 Å². The van der Waals surface area contributed by atoms with Gasteiger partial charge < -0.3 is 4.90 Å². The fourth-order valence-electron chi connectivity index (χ4n) is 5.58. The largest absolute Gasteiger partial charge is 0.310 e. The Morgan fingerprint density at radius 2 is 1.11 bits per heavy atom. The first-order valence-electron chi connectivity index (χ1n) is 13.2. The van der Waals surface area contributed by atoms with Crippen LogP contribution in [0.3, 0.4) is 0 Å². The third kappa shape index (κ3) is 4.48. The van der Waals surface area contributed by atoms with Crippen LogP contribution in [0.15, 0.2) is 84.9 Å². The Morgan fingerprint density at radius 3 is 1.59 bits per heavy atom. The third-order valence-corrected chi connectivity index (χ3v) is 8.07. The molecule has 0 aliphatic heterocycles. The molecule has 190 valence electrons. The van der Waals surface area contributed by atoms with Crippen molar-refractivity contribution in [2.24, 2.45) is 0 Å². The molecule has 0 aromatic heterocycles. The molecule has 1 aliphatic rings. The zero-order chi connectivity index (χ0) is 26.8. The molecular weight excluding hydrogens is 470 g/mol. The minimum Gasteiger partial charge on any atom is -0.310 e. The van der Waals surface area contributed by atoms with Crippen molar-refractivity contribution in [2.45, 2.75) is 71.6 Å². The summed E-state index contributed by atoms with van der Waals surface area (Å²) in [7, 11) is 0. The number of benzene rings is 4. The fourth-order valence-corrected chi connectivity index (χ4v) is 5.80. The quantitative estimate of drug-likeness (QED) is 0.266. The van der Waals surface area contributed by atoms with Crippen LogP contribution in [0.2, 0.25) is 5.02 Å². The van der Waals surface area contributed by atoms with Crippen molar-refractivity contribution < 1.29 is 0 Å². The normalized spacial score (nSPS) is 14.3. The first kappa shape index (κ1) is 25.6. The molecule has 2 heteroatoms. The highest BCUT2D eigenvalue weighted by molar-refractivity contribution is 6.31. The molecule has 0 radical (unpaired) electrons. The summed E-state index contributed by atoms with van der Waals surface area (Å²) >= 11 is 6.86. The van der Waals surface area contributed by atoms with Gasteiger partial charge in [-0.15, -0.1) is 0 Å². The molecular formula is C35H38ClN. The van der Waals surface area contributed by atoms with Gasteiger partial charge in [0.25, 0.3) is 0 Å². The average molecular weight is 508 g/mol. The van der Waals surface area contributed by atoms with E-state index in [9.17, 15) is 0 Å². The molecule has 0 amide bonds. The maximum absolute atomic E-state index is 6.86. The molecule has 0 heterocycles. The first-order chi connectivity index (χ1) is 17.3. The van der Waals surface area contributed by atoms with Crippen molar-refractivity contribution in [1.82, 2.24) is 0 Å². The molecule has 1 aliphatic carbocycles. The molecule has 0 unspecified atom stereocenters. The first-order valence-corrected chi connectivity index (χ1v) is 13.6. The van der Waals surface area contributed by atoms with Crippen LogP contribution < -0.4 is 4.90 Å². The predicted octanol–water partition coefficient (Wildman–Crippen LogP) is 10.7. The highest BCUT2D eigenvalue weighted by Gasteiger charge is 2.38. The van der Waals surface area contributed by atoms with E-state index in [1.54, 1.807) is 0 Å². The van der Waals surface area contributed by atoms with Gasteiger partial charge in [0, 0.05) is 27.4 Å². The van der Waals surface area contributed by atoms with Crippen molar-refractivity contribution in [3.8, 4) is 11.1 Å². The Balaban J connectivity index is 1.77. The molecule has 4 aromatic rings. The number of hydrogen-bond donors (Lipinski definition) is 0. The van der Waals surface area contributed by atoms with Crippen LogP contribution in [0.25, 0.3) is 11.1 Å². The fraction of sp³-hybridized carbons (Fsp3) is 0.314. The van der Waals surface area contributed by atoms with Gasteiger partial charge in [-0.2, -0.15) is 0 Å². The van der Waals surface area contributed by atoms with Crippen LogP contribution in [0.5, 0.6) is 0 Å². The number of rotatable bonds is 3. The second-order valence-electron chi connectivity index (χ2n) is 12.9. The zero-order valence-electron chi connectivity index (χ0n) is 23.4. The molecule has 0 saturated carbocycles. The summed E-state index contributed by atoms with van der Waals surface area (Å²) < 4.78 is 0. The summed E-state index contributed by atoms with van der Waals surface area (Å²) in [5.41, 5.74) is 11.3. The number of fused-ring (bicyclic) bond motifs is 3. The average Bonchev–Trinajstić information content (AvgIpc) is 3.06. The van der Waals surface area contributed by atoms with Gasteiger partial charge >= 0.3 is 0 Å². The maximum Gasteiger partial charge on any atom is 0.0558 e. The molecule has 0 fully saturated rings. The van der Waals surface area contributed by atoms with E-state index in [1.807, 2.05) is 0 Å². The van der Waals surface area contributed by atoms with E-state index in [0.29, 0.717) is 0 Å². The van der Waals surface area contributed by atoms with E-state index in [0.717, 1.165) is 22.1 Å². The molecule has 1 nitrogen and oxygen atoms in total. The lowest BCUT2D eigenvalue weighted by Gasteiger charge is -2.30. The monoisotopic (exact) mass is 507 g/mol. The van der Waals surface area contributed by atoms with E-state index in [2.05, 4.69) is 145 Å². The Morgan fingerprint density at radius 1 is 0.622 bits per heavy atom. The van der Waals surface area contributed by atoms with Gasteiger partial charge in [0.2, 0.25) is 0 Å². The number of anilines is 3. The smallest absolute Gasteiger partial charge is 0.0558 e. The molecule has 5 rings (SSSR count). The van der Waals surface area contributed by atoms with Gasteiger partial charge in [-0.3, -0.25) is 0 Å². The van der Waals surface area contributed by atoms with Crippen molar-refractivity contribution in [3.05, 3.63) is 112 Å².